The SMILES string of the molecule is Cc1cnc(Nc2ccc(N3CCN(C)CC3)cc2)nc1Nc1ccc2c(n1)N(C)C(=O)C(C)(C)O2. The van der Waals surface area contributed by atoms with Crippen molar-refractivity contribution in [2.75, 3.05) is 60.7 Å². The number of piperazine rings is 1. The highest BCUT2D eigenvalue weighted by atomic mass is 16.5. The van der Waals surface area contributed by atoms with Crippen LogP contribution in [0, 0.1) is 6.92 Å². The van der Waals surface area contributed by atoms with Gasteiger partial charge in [0.25, 0.3) is 5.91 Å². The van der Waals surface area contributed by atoms with Crippen molar-refractivity contribution in [2.24, 2.45) is 0 Å². The van der Waals surface area contributed by atoms with E-state index in [1.165, 1.54) is 10.6 Å². The number of ether oxygens (including phenoxy) is 1. The van der Waals surface area contributed by atoms with Crippen LogP contribution in [-0.4, -0.2) is 71.6 Å². The maximum absolute atomic E-state index is 12.6. The maximum atomic E-state index is 12.6. The van der Waals surface area contributed by atoms with Crippen LogP contribution in [-0.2, 0) is 4.79 Å². The van der Waals surface area contributed by atoms with Crippen molar-refractivity contribution >= 4 is 40.7 Å². The lowest BCUT2D eigenvalue weighted by Crippen LogP contribution is -2.51. The number of carbonyl (C=O) groups excluding carboxylic acids is 1. The van der Waals surface area contributed by atoms with Crippen LogP contribution < -0.4 is 25.2 Å². The van der Waals surface area contributed by atoms with Gasteiger partial charge in [-0.1, -0.05) is 0 Å². The lowest BCUT2D eigenvalue weighted by Gasteiger charge is -2.36. The first-order valence-electron chi connectivity index (χ1n) is 12.1. The Morgan fingerprint density at radius 1 is 0.944 bits per heavy atom. The first kappa shape index (κ1) is 23.8. The zero-order valence-corrected chi connectivity index (χ0v) is 21.4. The minimum Gasteiger partial charge on any atom is -0.474 e. The molecular formula is C26H32N8O2. The fraction of sp³-hybridized carbons (Fsp3) is 0.385. The molecule has 1 fully saturated rings. The summed E-state index contributed by atoms with van der Waals surface area (Å²) in [7, 11) is 3.86. The van der Waals surface area contributed by atoms with E-state index in [0.29, 0.717) is 29.2 Å². The minimum atomic E-state index is -0.926. The molecule has 0 spiro atoms. The first-order valence-corrected chi connectivity index (χ1v) is 12.1. The average Bonchev–Trinajstić information content (AvgIpc) is 2.86. The third-order valence-electron chi connectivity index (χ3n) is 6.55. The summed E-state index contributed by atoms with van der Waals surface area (Å²) in [6, 6.07) is 12.0. The van der Waals surface area contributed by atoms with Gasteiger partial charge >= 0.3 is 0 Å². The Morgan fingerprint density at radius 3 is 2.39 bits per heavy atom. The predicted octanol–water partition coefficient (Wildman–Crippen LogP) is 3.55. The molecule has 0 unspecified atom stereocenters. The van der Waals surface area contributed by atoms with Crippen molar-refractivity contribution in [1.29, 1.82) is 0 Å². The summed E-state index contributed by atoms with van der Waals surface area (Å²) in [5.74, 6) is 2.54. The number of carbonyl (C=O) groups is 1. The number of amides is 1. The number of pyridine rings is 1. The number of aromatic nitrogens is 3. The standard InChI is InChI=1S/C26H32N8O2/c1-17-16-27-25(28-18-6-8-19(9-7-18)34-14-12-32(4)13-15-34)31-22(17)29-21-11-10-20-23(30-21)33(5)24(35)26(2,3)36-20/h6-11,16H,12-15H2,1-5H3,(H2,27,28,29,30,31). The van der Waals surface area contributed by atoms with Gasteiger partial charge in [0, 0.05) is 56.4 Å². The van der Waals surface area contributed by atoms with Gasteiger partial charge in [-0.25, -0.2) is 9.97 Å². The number of benzene rings is 1. The van der Waals surface area contributed by atoms with E-state index in [0.717, 1.165) is 37.4 Å². The Morgan fingerprint density at radius 2 is 1.67 bits per heavy atom. The minimum absolute atomic E-state index is 0.150. The smallest absolute Gasteiger partial charge is 0.271 e. The second-order valence-electron chi connectivity index (χ2n) is 9.81. The molecule has 3 aromatic rings. The average molecular weight is 489 g/mol. The Hall–Kier alpha value is -3.92. The van der Waals surface area contributed by atoms with Gasteiger partial charge in [-0.05, 0) is 64.2 Å². The molecule has 10 nitrogen and oxygen atoms in total. The predicted molar refractivity (Wildman–Crippen MR) is 142 cm³/mol. The summed E-state index contributed by atoms with van der Waals surface area (Å²) < 4.78 is 5.85. The number of fused-ring (bicyclic) bond motifs is 1. The van der Waals surface area contributed by atoms with Crippen molar-refractivity contribution in [2.45, 2.75) is 26.4 Å². The summed E-state index contributed by atoms with van der Waals surface area (Å²) in [5.41, 5.74) is 2.07. The van der Waals surface area contributed by atoms with Crippen LogP contribution in [0.5, 0.6) is 5.75 Å². The van der Waals surface area contributed by atoms with Crippen molar-refractivity contribution in [3.8, 4) is 5.75 Å². The molecule has 0 aliphatic carbocycles. The van der Waals surface area contributed by atoms with Gasteiger partial charge in [-0.2, -0.15) is 4.98 Å². The number of nitrogens with zero attached hydrogens (tertiary/aromatic N) is 6. The highest BCUT2D eigenvalue weighted by molar-refractivity contribution is 6.01. The lowest BCUT2D eigenvalue weighted by atomic mass is 10.1. The molecule has 2 aromatic heterocycles. The molecule has 5 rings (SSSR count). The highest BCUT2D eigenvalue weighted by Gasteiger charge is 2.40. The zero-order valence-electron chi connectivity index (χ0n) is 21.4. The third kappa shape index (κ3) is 4.76. The topological polar surface area (TPSA) is 98.8 Å². The maximum Gasteiger partial charge on any atom is 0.271 e. The summed E-state index contributed by atoms with van der Waals surface area (Å²) >= 11 is 0. The summed E-state index contributed by atoms with van der Waals surface area (Å²) in [6.45, 7) is 9.64. The van der Waals surface area contributed by atoms with Crippen LogP contribution in [0.15, 0.2) is 42.6 Å². The van der Waals surface area contributed by atoms with Crippen molar-refractivity contribution < 1.29 is 9.53 Å². The van der Waals surface area contributed by atoms with Crippen LogP contribution in [0.2, 0.25) is 0 Å². The normalized spacial score (nSPS) is 17.4. The fourth-order valence-corrected chi connectivity index (χ4v) is 4.34. The first-order chi connectivity index (χ1) is 17.2. The zero-order chi connectivity index (χ0) is 25.4. The van der Waals surface area contributed by atoms with E-state index < -0.39 is 5.60 Å². The van der Waals surface area contributed by atoms with Gasteiger partial charge in [0.05, 0.1) is 0 Å². The van der Waals surface area contributed by atoms with E-state index >= 15 is 0 Å². The van der Waals surface area contributed by atoms with Gasteiger partial charge in [0.1, 0.15) is 11.6 Å². The molecule has 2 N–H and O–H groups in total. The summed E-state index contributed by atoms with van der Waals surface area (Å²) in [6.07, 6.45) is 1.76. The van der Waals surface area contributed by atoms with Gasteiger partial charge in [0.2, 0.25) is 5.95 Å². The van der Waals surface area contributed by atoms with Gasteiger partial charge in [-0.15, -0.1) is 0 Å². The molecule has 2 aliphatic heterocycles. The molecule has 1 saturated heterocycles. The molecule has 0 bridgehead atoms. The van der Waals surface area contributed by atoms with E-state index in [-0.39, 0.29) is 5.91 Å². The molecule has 0 radical (unpaired) electrons. The van der Waals surface area contributed by atoms with E-state index in [4.69, 9.17) is 4.74 Å². The molecule has 36 heavy (non-hydrogen) atoms. The van der Waals surface area contributed by atoms with Crippen molar-refractivity contribution in [3.05, 3.63) is 48.2 Å². The van der Waals surface area contributed by atoms with Crippen LogP contribution in [0.3, 0.4) is 0 Å². The van der Waals surface area contributed by atoms with Crippen LogP contribution in [0.1, 0.15) is 19.4 Å². The van der Waals surface area contributed by atoms with E-state index in [1.807, 2.05) is 31.2 Å². The van der Waals surface area contributed by atoms with Crippen molar-refractivity contribution in [1.82, 2.24) is 19.9 Å². The Bertz CT molecular complexity index is 1270. The fourth-order valence-electron chi connectivity index (χ4n) is 4.34. The van der Waals surface area contributed by atoms with Gasteiger partial charge < -0.3 is 25.2 Å². The molecule has 0 saturated carbocycles. The monoisotopic (exact) mass is 488 g/mol. The molecule has 4 heterocycles. The molecular weight excluding hydrogens is 456 g/mol. The van der Waals surface area contributed by atoms with Crippen LogP contribution in [0.4, 0.5) is 34.8 Å². The number of hydrogen-bond donors (Lipinski definition) is 2. The van der Waals surface area contributed by atoms with E-state index in [2.05, 4.69) is 54.6 Å². The third-order valence-corrected chi connectivity index (χ3v) is 6.55. The largest absolute Gasteiger partial charge is 0.474 e. The van der Waals surface area contributed by atoms with Crippen LogP contribution >= 0.6 is 0 Å². The van der Waals surface area contributed by atoms with Gasteiger partial charge in [-0.3, -0.25) is 9.69 Å². The quantitative estimate of drug-likeness (QED) is 0.559. The van der Waals surface area contributed by atoms with Crippen LogP contribution in [0.25, 0.3) is 0 Å². The Kier molecular flexibility index (Phi) is 6.13. The van der Waals surface area contributed by atoms with Crippen molar-refractivity contribution in [3.63, 3.8) is 0 Å². The highest BCUT2D eigenvalue weighted by Crippen LogP contribution is 2.36. The lowest BCUT2D eigenvalue weighted by molar-refractivity contribution is -0.132. The Labute approximate surface area is 211 Å². The molecule has 188 valence electrons. The molecule has 1 aromatic carbocycles. The number of nitrogens with one attached hydrogen (secondary N) is 2. The number of hydrogen-bond acceptors (Lipinski definition) is 9. The summed E-state index contributed by atoms with van der Waals surface area (Å²) in [5, 5.41) is 6.54. The molecule has 2 aliphatic rings. The number of likely N-dealkylation sites (N-methyl/N-ethyl adjacent to an activating group) is 2. The second kappa shape index (κ2) is 9.27. The molecule has 0 atom stereocenters. The number of anilines is 6. The van der Waals surface area contributed by atoms with Gasteiger partial charge in [0.15, 0.2) is 17.2 Å². The molecule has 10 heteroatoms. The number of rotatable bonds is 5. The van der Waals surface area contributed by atoms with E-state index in [1.54, 1.807) is 27.1 Å². The molecule has 1 amide bonds. The number of aryl methyl sites for hydroxylation is 1. The Balaban J connectivity index is 1.30. The van der Waals surface area contributed by atoms with E-state index in [9.17, 15) is 4.79 Å². The summed E-state index contributed by atoms with van der Waals surface area (Å²) in [4.78, 5) is 32.5. The second-order valence-corrected chi connectivity index (χ2v) is 9.81.